The molecule has 0 fully saturated rings. The van der Waals surface area contributed by atoms with Crippen LogP contribution in [0.5, 0.6) is 0 Å². The summed E-state index contributed by atoms with van der Waals surface area (Å²) in [6.07, 6.45) is 0. The number of halogens is 2. The first kappa shape index (κ1) is 13.4. The van der Waals surface area contributed by atoms with Crippen molar-refractivity contribution in [1.29, 1.82) is 0 Å². The van der Waals surface area contributed by atoms with Crippen LogP contribution in [-0.4, -0.2) is 0 Å². The molecular formula is C13H10Cl2N2S2. The fourth-order valence-electron chi connectivity index (χ4n) is 1.96. The Hall–Kier alpha value is -0.620. The van der Waals surface area contributed by atoms with Crippen LogP contribution in [0.15, 0.2) is 35.7 Å². The molecule has 1 unspecified atom stereocenters. The monoisotopic (exact) mass is 328 g/mol. The molecule has 3 aromatic rings. The number of hydrogen-bond donors (Lipinski definition) is 2. The van der Waals surface area contributed by atoms with E-state index in [0.29, 0.717) is 10.0 Å². The number of nitrogens with one attached hydrogen (secondary N) is 1. The average molecular weight is 329 g/mol. The zero-order valence-electron chi connectivity index (χ0n) is 9.69. The SMILES string of the molecule is NNC(c1ccc(Cl)c(Cl)c1)c1cc2sccc2s1. The number of hydrazine groups is 1. The topological polar surface area (TPSA) is 38.0 Å². The number of benzene rings is 1. The number of hydrogen-bond acceptors (Lipinski definition) is 4. The lowest BCUT2D eigenvalue weighted by Crippen LogP contribution is -2.28. The lowest BCUT2D eigenvalue weighted by atomic mass is 10.1. The molecule has 2 heterocycles. The summed E-state index contributed by atoms with van der Waals surface area (Å²) in [6.45, 7) is 0. The number of thiophene rings is 2. The Labute approximate surface area is 128 Å². The molecular weight excluding hydrogens is 319 g/mol. The standard InChI is InChI=1S/C13H10Cl2N2S2/c14-8-2-1-7(5-9(8)15)13(17-16)12-6-11-10(19-12)3-4-18-11/h1-6,13,17H,16H2. The van der Waals surface area contributed by atoms with Crippen LogP contribution in [0.4, 0.5) is 0 Å². The number of rotatable bonds is 3. The van der Waals surface area contributed by atoms with Gasteiger partial charge in [-0.2, -0.15) is 0 Å². The van der Waals surface area contributed by atoms with Gasteiger partial charge in [0.15, 0.2) is 0 Å². The molecule has 19 heavy (non-hydrogen) atoms. The second-order valence-electron chi connectivity index (χ2n) is 4.07. The molecule has 2 nitrogen and oxygen atoms in total. The van der Waals surface area contributed by atoms with Gasteiger partial charge in [0.2, 0.25) is 0 Å². The van der Waals surface area contributed by atoms with Gasteiger partial charge in [-0.25, -0.2) is 5.43 Å². The predicted molar refractivity (Wildman–Crippen MR) is 85.3 cm³/mol. The van der Waals surface area contributed by atoms with Crippen LogP contribution in [0.25, 0.3) is 9.40 Å². The lowest BCUT2D eigenvalue weighted by molar-refractivity contribution is 0.647. The minimum absolute atomic E-state index is 0.0700. The third-order valence-corrected chi connectivity index (χ3v) is 5.78. The molecule has 3 N–H and O–H groups in total. The second kappa shape index (κ2) is 5.40. The van der Waals surface area contributed by atoms with Crippen molar-refractivity contribution in [3.63, 3.8) is 0 Å². The highest BCUT2D eigenvalue weighted by atomic mass is 35.5. The molecule has 6 heteroatoms. The fourth-order valence-corrected chi connectivity index (χ4v) is 4.48. The van der Waals surface area contributed by atoms with Crippen LogP contribution < -0.4 is 11.3 Å². The molecule has 98 valence electrons. The molecule has 1 aromatic carbocycles. The lowest BCUT2D eigenvalue weighted by Gasteiger charge is -2.15. The Morgan fingerprint density at radius 3 is 2.58 bits per heavy atom. The van der Waals surface area contributed by atoms with E-state index >= 15 is 0 Å². The molecule has 2 aromatic heterocycles. The van der Waals surface area contributed by atoms with Crippen molar-refractivity contribution in [1.82, 2.24) is 5.43 Å². The van der Waals surface area contributed by atoms with Crippen molar-refractivity contribution in [2.24, 2.45) is 5.84 Å². The molecule has 0 bridgehead atoms. The van der Waals surface area contributed by atoms with Crippen LogP contribution in [0.3, 0.4) is 0 Å². The Balaban J connectivity index is 2.03. The van der Waals surface area contributed by atoms with Gasteiger partial charge in [0.1, 0.15) is 0 Å². The van der Waals surface area contributed by atoms with Crippen LogP contribution in [0.2, 0.25) is 10.0 Å². The van der Waals surface area contributed by atoms with Gasteiger partial charge in [0.05, 0.1) is 16.1 Å². The van der Waals surface area contributed by atoms with E-state index in [1.807, 2.05) is 12.1 Å². The first-order chi connectivity index (χ1) is 9.19. The Morgan fingerprint density at radius 2 is 1.89 bits per heavy atom. The molecule has 0 saturated carbocycles. The largest absolute Gasteiger partial charge is 0.271 e. The second-order valence-corrected chi connectivity index (χ2v) is 6.95. The maximum Gasteiger partial charge on any atom is 0.0803 e. The third kappa shape index (κ3) is 2.52. The van der Waals surface area contributed by atoms with Crippen LogP contribution in [0, 0.1) is 0 Å². The van der Waals surface area contributed by atoms with Gasteiger partial charge >= 0.3 is 0 Å². The molecule has 0 aliphatic heterocycles. The van der Waals surface area contributed by atoms with E-state index in [0.717, 1.165) is 5.56 Å². The minimum atomic E-state index is -0.0700. The van der Waals surface area contributed by atoms with E-state index in [1.54, 1.807) is 28.7 Å². The zero-order chi connectivity index (χ0) is 13.4. The van der Waals surface area contributed by atoms with E-state index in [4.69, 9.17) is 29.0 Å². The summed E-state index contributed by atoms with van der Waals surface area (Å²) < 4.78 is 2.56. The molecule has 0 aliphatic rings. The maximum atomic E-state index is 6.06. The van der Waals surface area contributed by atoms with Crippen molar-refractivity contribution >= 4 is 55.3 Å². The van der Waals surface area contributed by atoms with Gasteiger partial charge < -0.3 is 0 Å². The van der Waals surface area contributed by atoms with Gasteiger partial charge in [0, 0.05) is 14.3 Å². The fraction of sp³-hybridized carbons (Fsp3) is 0.0769. The van der Waals surface area contributed by atoms with Gasteiger partial charge in [-0.3, -0.25) is 5.84 Å². The third-order valence-electron chi connectivity index (χ3n) is 2.89. The highest BCUT2D eigenvalue weighted by Gasteiger charge is 2.16. The Bertz CT molecular complexity index is 692. The van der Waals surface area contributed by atoms with Crippen molar-refractivity contribution < 1.29 is 0 Å². The Morgan fingerprint density at radius 1 is 1.05 bits per heavy atom. The molecule has 1 atom stereocenters. The molecule has 0 saturated heterocycles. The summed E-state index contributed by atoms with van der Waals surface area (Å²) in [5.41, 5.74) is 3.85. The molecule has 0 spiro atoms. The normalized spacial score (nSPS) is 13.0. The van der Waals surface area contributed by atoms with Crippen molar-refractivity contribution in [3.05, 3.63) is 56.2 Å². The number of fused-ring (bicyclic) bond motifs is 1. The van der Waals surface area contributed by atoms with Gasteiger partial charge in [-0.1, -0.05) is 29.3 Å². The van der Waals surface area contributed by atoms with Crippen molar-refractivity contribution in [3.8, 4) is 0 Å². The van der Waals surface area contributed by atoms with E-state index in [2.05, 4.69) is 22.9 Å². The quantitative estimate of drug-likeness (QED) is 0.534. The van der Waals surface area contributed by atoms with E-state index < -0.39 is 0 Å². The van der Waals surface area contributed by atoms with E-state index in [-0.39, 0.29) is 6.04 Å². The maximum absolute atomic E-state index is 6.06. The summed E-state index contributed by atoms with van der Waals surface area (Å²) in [5, 5.41) is 3.18. The summed E-state index contributed by atoms with van der Waals surface area (Å²) in [5.74, 6) is 5.70. The summed E-state index contributed by atoms with van der Waals surface area (Å²) in [6, 6.07) is 9.79. The molecule has 0 amide bonds. The van der Waals surface area contributed by atoms with Crippen LogP contribution in [0.1, 0.15) is 16.5 Å². The van der Waals surface area contributed by atoms with Gasteiger partial charge in [0.25, 0.3) is 0 Å². The zero-order valence-corrected chi connectivity index (χ0v) is 12.8. The first-order valence-electron chi connectivity index (χ1n) is 5.57. The highest BCUT2D eigenvalue weighted by Crippen LogP contribution is 2.36. The smallest absolute Gasteiger partial charge is 0.0803 e. The highest BCUT2D eigenvalue weighted by molar-refractivity contribution is 7.27. The van der Waals surface area contributed by atoms with Crippen molar-refractivity contribution in [2.45, 2.75) is 6.04 Å². The van der Waals surface area contributed by atoms with Crippen LogP contribution in [-0.2, 0) is 0 Å². The van der Waals surface area contributed by atoms with Crippen LogP contribution >= 0.6 is 45.9 Å². The average Bonchev–Trinajstić information content (AvgIpc) is 2.95. The molecule has 3 rings (SSSR count). The van der Waals surface area contributed by atoms with Gasteiger partial charge in [-0.15, -0.1) is 22.7 Å². The summed E-state index contributed by atoms with van der Waals surface area (Å²) in [4.78, 5) is 1.17. The predicted octanol–water partition coefficient (Wildman–Crippen LogP) is 4.82. The Kier molecular flexibility index (Phi) is 3.80. The minimum Gasteiger partial charge on any atom is -0.271 e. The van der Waals surface area contributed by atoms with Crippen molar-refractivity contribution in [2.75, 3.05) is 0 Å². The summed E-state index contributed by atoms with van der Waals surface area (Å²) >= 11 is 15.5. The molecule has 0 aliphatic carbocycles. The summed E-state index contributed by atoms with van der Waals surface area (Å²) in [7, 11) is 0. The molecule has 0 radical (unpaired) electrons. The number of nitrogens with two attached hydrogens (primary N) is 1. The first-order valence-corrected chi connectivity index (χ1v) is 8.02. The van der Waals surface area contributed by atoms with E-state index in [9.17, 15) is 0 Å². The van der Waals surface area contributed by atoms with Gasteiger partial charge in [-0.05, 0) is 35.2 Å². The van der Waals surface area contributed by atoms with E-state index in [1.165, 1.54) is 14.3 Å².